The Kier molecular flexibility index (Phi) is 3.06. The fourth-order valence-electron chi connectivity index (χ4n) is 2.51. The predicted molar refractivity (Wildman–Crippen MR) is 71.6 cm³/mol. The van der Waals surface area contributed by atoms with E-state index in [-0.39, 0.29) is 0 Å². The molecule has 2 fully saturated rings. The molecule has 0 bridgehead atoms. The normalized spacial score (nSPS) is 19.8. The van der Waals surface area contributed by atoms with Gasteiger partial charge in [-0.25, -0.2) is 0 Å². The monoisotopic (exact) mass is 230 g/mol. The van der Waals surface area contributed by atoms with Crippen LogP contribution in [0.15, 0.2) is 24.3 Å². The van der Waals surface area contributed by atoms with Gasteiger partial charge in [0.15, 0.2) is 0 Å². The molecule has 2 saturated carbocycles. The van der Waals surface area contributed by atoms with Gasteiger partial charge in [0.1, 0.15) is 0 Å². The standard InChI is InChI=1S/C15H22N2/c16-14-3-1-2-13(10-14)11-17(15-6-7-15)9-8-12-4-5-12/h1-3,10,12,15H,4-9,11,16H2. The van der Waals surface area contributed by atoms with Crippen LogP contribution < -0.4 is 5.73 Å². The van der Waals surface area contributed by atoms with Crippen LogP contribution in [0.1, 0.15) is 37.7 Å². The molecular weight excluding hydrogens is 208 g/mol. The molecule has 2 aliphatic carbocycles. The zero-order chi connectivity index (χ0) is 11.7. The Morgan fingerprint density at radius 1 is 1.18 bits per heavy atom. The van der Waals surface area contributed by atoms with Crippen molar-refractivity contribution in [2.24, 2.45) is 5.92 Å². The summed E-state index contributed by atoms with van der Waals surface area (Å²) >= 11 is 0. The van der Waals surface area contributed by atoms with Crippen molar-refractivity contribution < 1.29 is 0 Å². The van der Waals surface area contributed by atoms with Gasteiger partial charge in [-0.15, -0.1) is 0 Å². The van der Waals surface area contributed by atoms with Crippen LogP contribution in [-0.2, 0) is 6.54 Å². The van der Waals surface area contributed by atoms with Crippen molar-refractivity contribution >= 4 is 5.69 Å². The summed E-state index contributed by atoms with van der Waals surface area (Å²) in [5.74, 6) is 1.04. The second kappa shape index (κ2) is 4.69. The highest BCUT2D eigenvalue weighted by atomic mass is 15.2. The molecule has 0 aliphatic heterocycles. The molecule has 1 aromatic carbocycles. The molecular formula is C15H22N2. The van der Waals surface area contributed by atoms with Gasteiger partial charge in [-0.2, -0.15) is 0 Å². The summed E-state index contributed by atoms with van der Waals surface area (Å²) in [6, 6.07) is 9.21. The summed E-state index contributed by atoms with van der Waals surface area (Å²) in [6.45, 7) is 2.37. The highest BCUT2D eigenvalue weighted by molar-refractivity contribution is 5.40. The molecule has 0 spiro atoms. The van der Waals surface area contributed by atoms with E-state index in [9.17, 15) is 0 Å². The lowest BCUT2D eigenvalue weighted by Gasteiger charge is -2.22. The van der Waals surface area contributed by atoms with Gasteiger partial charge in [-0.1, -0.05) is 25.0 Å². The fraction of sp³-hybridized carbons (Fsp3) is 0.600. The number of nitrogen functional groups attached to an aromatic ring is 1. The van der Waals surface area contributed by atoms with Crippen molar-refractivity contribution in [3.05, 3.63) is 29.8 Å². The molecule has 0 radical (unpaired) electrons. The number of hydrogen-bond acceptors (Lipinski definition) is 2. The van der Waals surface area contributed by atoms with Crippen molar-refractivity contribution in [2.45, 2.75) is 44.7 Å². The molecule has 17 heavy (non-hydrogen) atoms. The van der Waals surface area contributed by atoms with Crippen molar-refractivity contribution in [3.8, 4) is 0 Å². The lowest BCUT2D eigenvalue weighted by Crippen LogP contribution is -2.27. The Labute approximate surface area is 104 Å². The van der Waals surface area contributed by atoms with E-state index >= 15 is 0 Å². The molecule has 0 heterocycles. The molecule has 0 amide bonds. The Balaban J connectivity index is 1.58. The molecule has 0 unspecified atom stereocenters. The molecule has 0 aromatic heterocycles. The molecule has 1 aromatic rings. The summed E-state index contributed by atoms with van der Waals surface area (Å²) < 4.78 is 0. The fourth-order valence-corrected chi connectivity index (χ4v) is 2.51. The van der Waals surface area contributed by atoms with Gasteiger partial charge in [-0.05, 0) is 49.4 Å². The van der Waals surface area contributed by atoms with Crippen molar-refractivity contribution in [1.29, 1.82) is 0 Å². The first-order chi connectivity index (χ1) is 8.31. The minimum Gasteiger partial charge on any atom is -0.399 e. The van der Waals surface area contributed by atoms with E-state index < -0.39 is 0 Å². The summed E-state index contributed by atoms with van der Waals surface area (Å²) in [5.41, 5.74) is 8.10. The Hall–Kier alpha value is -1.02. The number of nitrogens with two attached hydrogens (primary N) is 1. The maximum Gasteiger partial charge on any atom is 0.0317 e. The molecule has 2 aliphatic rings. The van der Waals surface area contributed by atoms with E-state index in [0.717, 1.165) is 24.2 Å². The smallest absolute Gasteiger partial charge is 0.0317 e. The highest BCUT2D eigenvalue weighted by Gasteiger charge is 2.30. The highest BCUT2D eigenvalue weighted by Crippen LogP contribution is 2.35. The van der Waals surface area contributed by atoms with E-state index in [4.69, 9.17) is 5.73 Å². The minimum atomic E-state index is 0.857. The second-order valence-corrected chi connectivity index (χ2v) is 5.68. The molecule has 0 atom stereocenters. The lowest BCUT2D eigenvalue weighted by molar-refractivity contribution is 0.246. The van der Waals surface area contributed by atoms with Gasteiger partial charge in [0, 0.05) is 18.3 Å². The quantitative estimate of drug-likeness (QED) is 0.761. The van der Waals surface area contributed by atoms with Crippen LogP contribution in [0.4, 0.5) is 5.69 Å². The molecule has 0 saturated heterocycles. The topological polar surface area (TPSA) is 29.3 Å². The number of anilines is 1. The largest absolute Gasteiger partial charge is 0.399 e. The summed E-state index contributed by atoms with van der Waals surface area (Å²) in [5, 5.41) is 0. The predicted octanol–water partition coefficient (Wildman–Crippen LogP) is 3.03. The Morgan fingerprint density at radius 2 is 2.00 bits per heavy atom. The van der Waals surface area contributed by atoms with Crippen molar-refractivity contribution in [1.82, 2.24) is 4.90 Å². The third-order valence-corrected chi connectivity index (χ3v) is 3.92. The summed E-state index contributed by atoms with van der Waals surface area (Å²) in [4.78, 5) is 2.66. The van der Waals surface area contributed by atoms with Gasteiger partial charge in [0.25, 0.3) is 0 Å². The maximum atomic E-state index is 5.84. The van der Waals surface area contributed by atoms with E-state index in [2.05, 4.69) is 23.1 Å². The van der Waals surface area contributed by atoms with Crippen LogP contribution in [0.25, 0.3) is 0 Å². The number of hydrogen-bond donors (Lipinski definition) is 1. The first-order valence-corrected chi connectivity index (χ1v) is 6.90. The average molecular weight is 230 g/mol. The second-order valence-electron chi connectivity index (χ2n) is 5.68. The van der Waals surface area contributed by atoms with Gasteiger partial charge in [-0.3, -0.25) is 4.90 Å². The third kappa shape index (κ3) is 3.22. The van der Waals surface area contributed by atoms with E-state index in [0.29, 0.717) is 0 Å². The molecule has 2 nitrogen and oxygen atoms in total. The first kappa shape index (κ1) is 11.1. The van der Waals surface area contributed by atoms with Crippen LogP contribution in [0, 0.1) is 5.92 Å². The maximum absolute atomic E-state index is 5.84. The molecule has 2 heteroatoms. The van der Waals surface area contributed by atoms with E-state index in [1.165, 1.54) is 44.2 Å². The zero-order valence-corrected chi connectivity index (χ0v) is 10.4. The van der Waals surface area contributed by atoms with Crippen LogP contribution in [0.3, 0.4) is 0 Å². The SMILES string of the molecule is Nc1cccc(CN(CCC2CC2)C2CC2)c1. The summed E-state index contributed by atoms with van der Waals surface area (Å²) in [7, 11) is 0. The Morgan fingerprint density at radius 3 is 2.65 bits per heavy atom. The molecule has 2 N–H and O–H groups in total. The van der Waals surface area contributed by atoms with E-state index in [1.54, 1.807) is 0 Å². The van der Waals surface area contributed by atoms with E-state index in [1.807, 2.05) is 6.07 Å². The van der Waals surface area contributed by atoms with Crippen molar-refractivity contribution in [3.63, 3.8) is 0 Å². The minimum absolute atomic E-state index is 0.857. The van der Waals surface area contributed by atoms with Crippen LogP contribution in [0.2, 0.25) is 0 Å². The third-order valence-electron chi connectivity index (χ3n) is 3.92. The Bertz CT molecular complexity index is 380. The van der Waals surface area contributed by atoms with Crippen molar-refractivity contribution in [2.75, 3.05) is 12.3 Å². The lowest BCUT2D eigenvalue weighted by atomic mass is 10.1. The van der Waals surface area contributed by atoms with Crippen LogP contribution in [0.5, 0.6) is 0 Å². The number of rotatable bonds is 6. The molecule has 92 valence electrons. The van der Waals surface area contributed by atoms with Gasteiger partial charge < -0.3 is 5.73 Å². The van der Waals surface area contributed by atoms with Gasteiger partial charge in [0.05, 0.1) is 0 Å². The zero-order valence-electron chi connectivity index (χ0n) is 10.4. The van der Waals surface area contributed by atoms with Gasteiger partial charge >= 0.3 is 0 Å². The first-order valence-electron chi connectivity index (χ1n) is 6.90. The van der Waals surface area contributed by atoms with Crippen LogP contribution in [-0.4, -0.2) is 17.5 Å². The van der Waals surface area contributed by atoms with Crippen LogP contribution >= 0.6 is 0 Å². The molecule has 3 rings (SSSR count). The van der Waals surface area contributed by atoms with Gasteiger partial charge in [0.2, 0.25) is 0 Å². The summed E-state index contributed by atoms with van der Waals surface area (Å²) in [6.07, 6.45) is 7.13. The number of benzene rings is 1. The number of nitrogens with zero attached hydrogens (tertiary/aromatic N) is 1. The average Bonchev–Trinajstić information content (AvgIpc) is 3.15.